The SMILES string of the molecule is NCC(c1cccc(Cl)c1)n1cnc2cc(-c3cn[nH]c3C(F)(F)F)ccc2c1=O. The monoisotopic (exact) mass is 433 g/mol. The van der Waals surface area contributed by atoms with Crippen molar-refractivity contribution in [3.8, 4) is 11.1 Å². The van der Waals surface area contributed by atoms with E-state index in [4.69, 9.17) is 17.3 Å². The van der Waals surface area contributed by atoms with E-state index in [0.717, 1.165) is 11.8 Å². The zero-order valence-corrected chi connectivity index (χ0v) is 16.1. The highest BCUT2D eigenvalue weighted by molar-refractivity contribution is 6.30. The van der Waals surface area contributed by atoms with Crippen LogP contribution >= 0.6 is 11.6 Å². The summed E-state index contributed by atoms with van der Waals surface area (Å²) in [6.07, 6.45) is -2.15. The van der Waals surface area contributed by atoms with Gasteiger partial charge in [-0.3, -0.25) is 14.5 Å². The van der Waals surface area contributed by atoms with Gasteiger partial charge in [-0.15, -0.1) is 0 Å². The lowest BCUT2D eigenvalue weighted by Crippen LogP contribution is -2.30. The first-order chi connectivity index (χ1) is 14.3. The zero-order chi connectivity index (χ0) is 21.5. The number of aromatic amines is 1. The van der Waals surface area contributed by atoms with Crippen molar-refractivity contribution in [1.82, 2.24) is 19.7 Å². The van der Waals surface area contributed by atoms with Gasteiger partial charge >= 0.3 is 6.18 Å². The third-order valence-electron chi connectivity index (χ3n) is 4.81. The summed E-state index contributed by atoms with van der Waals surface area (Å²) in [7, 11) is 0. The molecule has 0 saturated heterocycles. The number of hydrogen-bond donors (Lipinski definition) is 2. The molecule has 4 aromatic rings. The number of aromatic nitrogens is 4. The van der Waals surface area contributed by atoms with E-state index < -0.39 is 17.9 Å². The lowest BCUT2D eigenvalue weighted by molar-refractivity contribution is -0.140. The van der Waals surface area contributed by atoms with Crippen LogP contribution in [0.5, 0.6) is 0 Å². The van der Waals surface area contributed by atoms with E-state index >= 15 is 0 Å². The molecule has 154 valence electrons. The Morgan fingerprint density at radius 3 is 2.70 bits per heavy atom. The van der Waals surface area contributed by atoms with Gasteiger partial charge in [-0.05, 0) is 35.4 Å². The molecule has 2 heterocycles. The van der Waals surface area contributed by atoms with E-state index in [-0.39, 0.29) is 34.1 Å². The third-order valence-corrected chi connectivity index (χ3v) is 5.05. The Bertz CT molecular complexity index is 1280. The van der Waals surface area contributed by atoms with Gasteiger partial charge in [-0.1, -0.05) is 29.8 Å². The molecule has 0 amide bonds. The van der Waals surface area contributed by atoms with Crippen LogP contribution in [0.1, 0.15) is 17.3 Å². The normalized spacial score (nSPS) is 13.0. The fourth-order valence-corrected chi connectivity index (χ4v) is 3.57. The maximum atomic E-state index is 13.2. The number of alkyl halides is 3. The second-order valence-corrected chi connectivity index (χ2v) is 7.09. The molecule has 6 nitrogen and oxygen atoms in total. The maximum absolute atomic E-state index is 13.2. The molecule has 1 unspecified atom stereocenters. The molecule has 1 atom stereocenters. The molecule has 10 heteroatoms. The Morgan fingerprint density at radius 1 is 1.20 bits per heavy atom. The van der Waals surface area contributed by atoms with Crippen LogP contribution in [0.25, 0.3) is 22.0 Å². The quantitative estimate of drug-likeness (QED) is 0.509. The molecule has 0 bridgehead atoms. The first-order valence-electron chi connectivity index (χ1n) is 8.87. The van der Waals surface area contributed by atoms with Crippen LogP contribution in [0.4, 0.5) is 13.2 Å². The van der Waals surface area contributed by atoms with Crippen molar-refractivity contribution in [2.75, 3.05) is 6.54 Å². The van der Waals surface area contributed by atoms with Crippen LogP contribution in [-0.4, -0.2) is 26.3 Å². The summed E-state index contributed by atoms with van der Waals surface area (Å²) in [5.74, 6) is 0. The third kappa shape index (κ3) is 3.57. The maximum Gasteiger partial charge on any atom is 0.433 e. The van der Waals surface area contributed by atoms with E-state index in [9.17, 15) is 18.0 Å². The van der Waals surface area contributed by atoms with Gasteiger partial charge in [0, 0.05) is 17.1 Å². The predicted molar refractivity (Wildman–Crippen MR) is 107 cm³/mol. The van der Waals surface area contributed by atoms with Gasteiger partial charge in [0.2, 0.25) is 0 Å². The number of fused-ring (bicyclic) bond motifs is 1. The molecule has 0 aliphatic rings. The van der Waals surface area contributed by atoms with E-state index in [1.807, 2.05) is 5.10 Å². The van der Waals surface area contributed by atoms with Crippen molar-refractivity contribution in [2.45, 2.75) is 12.2 Å². The van der Waals surface area contributed by atoms with E-state index in [0.29, 0.717) is 5.02 Å². The van der Waals surface area contributed by atoms with Gasteiger partial charge in [0.15, 0.2) is 0 Å². The van der Waals surface area contributed by atoms with E-state index in [1.165, 1.54) is 29.1 Å². The number of H-pyrrole nitrogens is 1. The summed E-state index contributed by atoms with van der Waals surface area (Å²) in [6, 6.07) is 10.8. The van der Waals surface area contributed by atoms with Crippen molar-refractivity contribution in [1.29, 1.82) is 0 Å². The Labute approximate surface area is 173 Å². The Kier molecular flexibility index (Phi) is 5.08. The smallest absolute Gasteiger partial charge is 0.328 e. The highest BCUT2D eigenvalue weighted by atomic mass is 35.5. The topological polar surface area (TPSA) is 89.6 Å². The van der Waals surface area contributed by atoms with Crippen LogP contribution in [-0.2, 0) is 6.18 Å². The fraction of sp³-hybridized carbons (Fsp3) is 0.150. The molecule has 2 aromatic carbocycles. The minimum atomic E-state index is -4.58. The standard InChI is InChI=1S/C20H15ClF3N5O/c21-13-3-1-2-12(6-13)17(8-25)29-10-26-16-7-11(4-5-14(16)19(29)30)15-9-27-28-18(15)20(22,23)24/h1-7,9-10,17H,8,25H2,(H,27,28). The van der Waals surface area contributed by atoms with Crippen molar-refractivity contribution in [3.05, 3.63) is 81.6 Å². The predicted octanol–water partition coefficient (Wildman–Crippen LogP) is 4.01. The Morgan fingerprint density at radius 2 is 2.00 bits per heavy atom. The van der Waals surface area contributed by atoms with Crippen LogP contribution < -0.4 is 11.3 Å². The molecule has 2 aromatic heterocycles. The first kappa shape index (κ1) is 20.1. The number of halogens is 4. The highest BCUT2D eigenvalue weighted by Gasteiger charge is 2.36. The molecule has 3 N–H and O–H groups in total. The number of nitrogens with one attached hydrogen (secondary N) is 1. The summed E-state index contributed by atoms with van der Waals surface area (Å²) in [4.78, 5) is 17.3. The second-order valence-electron chi connectivity index (χ2n) is 6.65. The van der Waals surface area contributed by atoms with Gasteiger partial charge < -0.3 is 5.73 Å². The van der Waals surface area contributed by atoms with E-state index in [2.05, 4.69) is 10.1 Å². The molecule has 0 aliphatic carbocycles. The van der Waals surface area contributed by atoms with Crippen molar-refractivity contribution in [3.63, 3.8) is 0 Å². The van der Waals surface area contributed by atoms with Crippen molar-refractivity contribution < 1.29 is 13.2 Å². The molecular formula is C20H15ClF3N5O. The average molecular weight is 434 g/mol. The van der Waals surface area contributed by atoms with Gasteiger partial charge in [-0.25, -0.2) is 4.98 Å². The highest BCUT2D eigenvalue weighted by Crippen LogP contribution is 2.35. The lowest BCUT2D eigenvalue weighted by Gasteiger charge is -2.19. The number of hydrogen-bond acceptors (Lipinski definition) is 4. The van der Waals surface area contributed by atoms with Gasteiger partial charge in [0.25, 0.3) is 5.56 Å². The molecule has 0 saturated carbocycles. The summed E-state index contributed by atoms with van der Waals surface area (Å²) < 4.78 is 40.9. The molecule has 0 fully saturated rings. The molecule has 4 rings (SSSR count). The molecule has 0 aliphatic heterocycles. The fourth-order valence-electron chi connectivity index (χ4n) is 3.37. The average Bonchev–Trinajstić information content (AvgIpc) is 3.21. The minimum Gasteiger partial charge on any atom is -0.328 e. The van der Waals surface area contributed by atoms with Crippen LogP contribution in [0.2, 0.25) is 5.02 Å². The number of nitrogens with two attached hydrogens (primary N) is 1. The largest absolute Gasteiger partial charge is 0.433 e. The number of benzene rings is 2. The number of rotatable bonds is 4. The minimum absolute atomic E-state index is 0.117. The molecular weight excluding hydrogens is 419 g/mol. The first-order valence-corrected chi connectivity index (χ1v) is 9.24. The van der Waals surface area contributed by atoms with Gasteiger partial charge in [0.1, 0.15) is 5.69 Å². The van der Waals surface area contributed by atoms with Crippen LogP contribution in [0, 0.1) is 0 Å². The molecule has 30 heavy (non-hydrogen) atoms. The van der Waals surface area contributed by atoms with Crippen LogP contribution in [0.3, 0.4) is 0 Å². The van der Waals surface area contributed by atoms with Gasteiger partial charge in [-0.2, -0.15) is 18.3 Å². The van der Waals surface area contributed by atoms with Gasteiger partial charge in [0.05, 0.1) is 29.5 Å². The summed E-state index contributed by atoms with van der Waals surface area (Å²) in [5, 5.41) is 6.24. The van der Waals surface area contributed by atoms with Crippen LogP contribution in [0.15, 0.2) is 59.8 Å². The summed E-state index contributed by atoms with van der Waals surface area (Å²) in [6.45, 7) is 0.134. The molecule has 0 spiro atoms. The Hall–Kier alpha value is -3.17. The van der Waals surface area contributed by atoms with Crippen molar-refractivity contribution >= 4 is 22.5 Å². The van der Waals surface area contributed by atoms with Crippen molar-refractivity contribution in [2.24, 2.45) is 5.73 Å². The summed E-state index contributed by atoms with van der Waals surface area (Å²) in [5.41, 5.74) is 5.73. The zero-order valence-electron chi connectivity index (χ0n) is 15.3. The Balaban J connectivity index is 1.81. The lowest BCUT2D eigenvalue weighted by atomic mass is 10.0. The summed E-state index contributed by atoms with van der Waals surface area (Å²) >= 11 is 6.05. The number of nitrogens with zero attached hydrogens (tertiary/aromatic N) is 3. The van der Waals surface area contributed by atoms with E-state index in [1.54, 1.807) is 24.3 Å². The molecule has 0 radical (unpaired) electrons. The second kappa shape index (κ2) is 7.58.